The number of rotatable bonds is 0. The maximum Gasteiger partial charge on any atom is 0.0128 e. The van der Waals surface area contributed by atoms with Crippen LogP contribution in [0.15, 0.2) is 23.8 Å². The Kier molecular flexibility index (Phi) is 3.92. The second-order valence-electron chi connectivity index (χ2n) is 9.71. The van der Waals surface area contributed by atoms with Crippen molar-refractivity contribution in [1.29, 1.82) is 0 Å². The van der Waals surface area contributed by atoms with E-state index in [1.165, 1.54) is 51.6 Å². The van der Waals surface area contributed by atoms with Crippen molar-refractivity contribution in [1.82, 2.24) is 4.90 Å². The summed E-state index contributed by atoms with van der Waals surface area (Å²) in [6.45, 7) is 2.64. The highest BCUT2D eigenvalue weighted by atomic mass is 15.1. The Labute approximate surface area is 148 Å². The second kappa shape index (κ2) is 6.01. The van der Waals surface area contributed by atoms with Gasteiger partial charge in [-0.2, -0.15) is 0 Å². The number of hydrogen-bond acceptors (Lipinski definition) is 1. The molecular formula is C23H35N. The van der Waals surface area contributed by atoms with Gasteiger partial charge < -0.3 is 4.90 Å². The standard InChI is InChI=1S/C17H22.C6H13N/c1-2-16-15-5-3-11-10-12-4-6-13(11)14(15)7-9-17(12,16)8-1;1-7-5-3-2-4-6-7/h1-2,8,11-15H,3-7,9-10H2;2-6H2,1H3. The maximum absolute atomic E-state index is 2.62. The highest BCUT2D eigenvalue weighted by Crippen LogP contribution is 2.67. The molecular weight excluding hydrogens is 290 g/mol. The fourth-order valence-corrected chi connectivity index (χ4v) is 7.66. The van der Waals surface area contributed by atoms with Crippen LogP contribution in [0.25, 0.3) is 0 Å². The van der Waals surface area contributed by atoms with Crippen LogP contribution in [0.4, 0.5) is 0 Å². The quantitative estimate of drug-likeness (QED) is 0.573. The Bertz CT molecular complexity index is 540. The molecule has 1 nitrogen and oxygen atoms in total. The monoisotopic (exact) mass is 325 g/mol. The summed E-state index contributed by atoms with van der Waals surface area (Å²) >= 11 is 0. The zero-order valence-corrected chi connectivity index (χ0v) is 15.6. The first-order valence-electron chi connectivity index (χ1n) is 10.9. The fraction of sp³-hybridized carbons (Fsp3) is 0.826. The molecule has 0 aromatic rings. The molecule has 8 fully saturated rings. The van der Waals surface area contributed by atoms with E-state index in [0.717, 1.165) is 29.6 Å². The molecule has 1 spiro atoms. The van der Waals surface area contributed by atoms with Crippen LogP contribution in [0.2, 0.25) is 0 Å². The first kappa shape index (κ1) is 15.7. The van der Waals surface area contributed by atoms with E-state index in [1.807, 2.05) is 5.57 Å². The van der Waals surface area contributed by atoms with Crippen molar-refractivity contribution in [2.24, 2.45) is 35.0 Å². The van der Waals surface area contributed by atoms with E-state index in [-0.39, 0.29) is 0 Å². The SMILES string of the molecule is C1=CC23CCC4C(CCC5CC2CCC54)C3=C1.CN1CCCCC1. The van der Waals surface area contributed by atoms with Gasteiger partial charge in [0.25, 0.3) is 0 Å². The van der Waals surface area contributed by atoms with Gasteiger partial charge in [0.2, 0.25) is 0 Å². The second-order valence-corrected chi connectivity index (χ2v) is 9.71. The topological polar surface area (TPSA) is 3.24 Å². The van der Waals surface area contributed by atoms with Crippen LogP contribution >= 0.6 is 0 Å². The summed E-state index contributed by atoms with van der Waals surface area (Å²) in [5.74, 6) is 5.31. The lowest BCUT2D eigenvalue weighted by molar-refractivity contribution is -0.0531. The van der Waals surface area contributed by atoms with Gasteiger partial charge in [-0.1, -0.05) is 30.2 Å². The van der Waals surface area contributed by atoms with E-state index in [9.17, 15) is 0 Å². The summed E-state index contributed by atoms with van der Waals surface area (Å²) in [4.78, 5) is 2.39. The smallest absolute Gasteiger partial charge is 0.0128 e. The van der Waals surface area contributed by atoms with Crippen molar-refractivity contribution in [3.05, 3.63) is 23.8 Å². The molecule has 0 aromatic carbocycles. The number of nitrogens with zero attached hydrogens (tertiary/aromatic N) is 1. The molecule has 0 amide bonds. The van der Waals surface area contributed by atoms with E-state index in [0.29, 0.717) is 5.41 Å². The van der Waals surface area contributed by atoms with Crippen LogP contribution in [0.1, 0.15) is 64.2 Å². The average molecular weight is 326 g/mol. The molecule has 7 saturated carbocycles. The number of likely N-dealkylation sites (tertiary alicyclic amines) is 1. The van der Waals surface area contributed by atoms with Crippen LogP contribution < -0.4 is 0 Å². The maximum atomic E-state index is 2.62. The van der Waals surface area contributed by atoms with Crippen molar-refractivity contribution in [2.45, 2.75) is 64.2 Å². The Morgan fingerprint density at radius 2 is 1.83 bits per heavy atom. The lowest BCUT2D eigenvalue weighted by Gasteiger charge is -2.61. The van der Waals surface area contributed by atoms with Crippen molar-refractivity contribution in [3.8, 4) is 0 Å². The van der Waals surface area contributed by atoms with Gasteiger partial charge in [0.15, 0.2) is 0 Å². The van der Waals surface area contributed by atoms with Crippen molar-refractivity contribution in [3.63, 3.8) is 0 Å². The third kappa shape index (κ3) is 2.30. The third-order valence-electron chi connectivity index (χ3n) is 8.76. The summed E-state index contributed by atoms with van der Waals surface area (Å²) < 4.78 is 0. The molecule has 1 saturated heterocycles. The number of allylic oxidation sites excluding steroid dienone is 4. The van der Waals surface area contributed by atoms with Crippen molar-refractivity contribution >= 4 is 0 Å². The summed E-state index contributed by atoms with van der Waals surface area (Å²) in [6.07, 6.45) is 22.6. The van der Waals surface area contributed by atoms with E-state index < -0.39 is 0 Å². The first-order chi connectivity index (χ1) is 11.8. The summed E-state index contributed by atoms with van der Waals surface area (Å²) in [5.41, 5.74) is 2.45. The predicted octanol–water partition coefficient (Wildman–Crippen LogP) is 5.44. The molecule has 0 N–H and O–H groups in total. The molecule has 6 unspecified atom stereocenters. The molecule has 1 aliphatic heterocycles. The van der Waals surface area contributed by atoms with Crippen LogP contribution in [-0.4, -0.2) is 25.0 Å². The van der Waals surface area contributed by atoms with E-state index >= 15 is 0 Å². The first-order valence-corrected chi connectivity index (χ1v) is 10.9. The Hall–Kier alpha value is -0.560. The van der Waals surface area contributed by atoms with Crippen molar-refractivity contribution < 1.29 is 0 Å². The van der Waals surface area contributed by atoms with Crippen molar-refractivity contribution in [2.75, 3.05) is 20.1 Å². The predicted molar refractivity (Wildman–Crippen MR) is 101 cm³/mol. The molecule has 6 bridgehead atoms. The molecule has 9 aliphatic rings. The third-order valence-corrected chi connectivity index (χ3v) is 8.76. The van der Waals surface area contributed by atoms with Crippen LogP contribution in [0.5, 0.6) is 0 Å². The molecule has 132 valence electrons. The van der Waals surface area contributed by atoms with Gasteiger partial charge in [-0.3, -0.25) is 0 Å². The van der Waals surface area contributed by atoms with Crippen LogP contribution in [0, 0.1) is 35.0 Å². The lowest BCUT2D eigenvalue weighted by Crippen LogP contribution is -2.52. The fourth-order valence-electron chi connectivity index (χ4n) is 7.66. The van der Waals surface area contributed by atoms with Gasteiger partial charge in [0.05, 0.1) is 0 Å². The summed E-state index contributed by atoms with van der Waals surface area (Å²) in [6, 6.07) is 0. The molecule has 1 heteroatoms. The minimum atomic E-state index is 0.561. The number of piperidine rings is 1. The minimum absolute atomic E-state index is 0.561. The van der Waals surface area contributed by atoms with Gasteiger partial charge in [-0.25, -0.2) is 0 Å². The van der Waals surface area contributed by atoms with E-state index in [4.69, 9.17) is 0 Å². The normalized spacial score (nSPS) is 48.4. The highest BCUT2D eigenvalue weighted by molar-refractivity contribution is 5.40. The van der Waals surface area contributed by atoms with Gasteiger partial charge in [0, 0.05) is 5.41 Å². The minimum Gasteiger partial charge on any atom is -0.306 e. The van der Waals surface area contributed by atoms with E-state index in [1.54, 1.807) is 25.7 Å². The zero-order chi connectivity index (χ0) is 16.1. The van der Waals surface area contributed by atoms with Crippen LogP contribution in [0.3, 0.4) is 0 Å². The lowest BCUT2D eigenvalue weighted by atomic mass is 9.43. The number of hydrogen-bond donors (Lipinski definition) is 0. The summed E-state index contributed by atoms with van der Waals surface area (Å²) in [5, 5.41) is 0. The van der Waals surface area contributed by atoms with Gasteiger partial charge >= 0.3 is 0 Å². The zero-order valence-electron chi connectivity index (χ0n) is 15.6. The molecule has 6 atom stereocenters. The van der Waals surface area contributed by atoms with Gasteiger partial charge in [0.1, 0.15) is 0 Å². The Balaban J connectivity index is 0.000000159. The molecule has 8 aliphatic carbocycles. The molecule has 24 heavy (non-hydrogen) atoms. The number of fused-ring (bicyclic) bond motifs is 1. The average Bonchev–Trinajstić information content (AvgIpc) is 3.05. The summed E-state index contributed by atoms with van der Waals surface area (Å²) in [7, 11) is 2.19. The molecule has 9 rings (SSSR count). The molecule has 1 heterocycles. The Morgan fingerprint density at radius 1 is 0.958 bits per heavy atom. The van der Waals surface area contributed by atoms with Crippen LogP contribution in [-0.2, 0) is 0 Å². The van der Waals surface area contributed by atoms with Gasteiger partial charge in [-0.05, 0) is 108 Å². The molecule has 0 aromatic heterocycles. The Morgan fingerprint density at radius 3 is 2.62 bits per heavy atom. The van der Waals surface area contributed by atoms with E-state index in [2.05, 4.69) is 30.2 Å². The molecule has 0 radical (unpaired) electrons. The largest absolute Gasteiger partial charge is 0.306 e. The van der Waals surface area contributed by atoms with Gasteiger partial charge in [-0.15, -0.1) is 0 Å². The highest BCUT2D eigenvalue weighted by Gasteiger charge is 2.58.